The summed E-state index contributed by atoms with van der Waals surface area (Å²) in [6.07, 6.45) is 3.54. The molecule has 0 fully saturated rings. The highest BCUT2D eigenvalue weighted by Crippen LogP contribution is 2.28. The quantitative estimate of drug-likeness (QED) is 0.772. The first-order chi connectivity index (χ1) is 8.70. The van der Waals surface area contributed by atoms with Crippen LogP contribution in [-0.2, 0) is 12.8 Å². The van der Waals surface area contributed by atoms with E-state index in [0.29, 0.717) is 16.9 Å². The topological polar surface area (TPSA) is 35.0 Å². The van der Waals surface area contributed by atoms with Crippen LogP contribution >= 0.6 is 11.6 Å². The number of halogens is 1. The van der Waals surface area contributed by atoms with Gasteiger partial charge >= 0.3 is 0 Å². The van der Waals surface area contributed by atoms with Crippen molar-refractivity contribution >= 4 is 11.6 Å². The molecule has 0 bridgehead atoms. The van der Waals surface area contributed by atoms with E-state index in [-0.39, 0.29) is 0 Å². The Bertz CT molecular complexity index is 578. The zero-order valence-electron chi connectivity index (χ0n) is 10.1. The van der Waals surface area contributed by atoms with Gasteiger partial charge in [-0.1, -0.05) is 17.7 Å². The third-order valence-electron chi connectivity index (χ3n) is 3.08. The Morgan fingerprint density at radius 3 is 2.78 bits per heavy atom. The van der Waals surface area contributed by atoms with E-state index in [2.05, 4.69) is 22.1 Å². The highest BCUT2D eigenvalue weighted by molar-refractivity contribution is 6.29. The van der Waals surface area contributed by atoms with E-state index >= 15 is 0 Å². The van der Waals surface area contributed by atoms with Crippen LogP contribution in [0.3, 0.4) is 0 Å². The lowest BCUT2D eigenvalue weighted by Gasteiger charge is -2.07. The number of benzene rings is 1. The Kier molecular flexibility index (Phi) is 2.92. The first-order valence-electron chi connectivity index (χ1n) is 6.01. The number of rotatable bonds is 2. The number of ether oxygens (including phenoxy) is 1. The minimum atomic E-state index is 0.402. The standard InChI is InChI=1S/C14H13ClN2O/c1-9-16-13(15)8-14(17-9)18-12-6-5-10-3-2-4-11(10)7-12/h5-8H,2-4H2,1H3. The summed E-state index contributed by atoms with van der Waals surface area (Å²) in [5.74, 6) is 1.91. The van der Waals surface area contributed by atoms with Gasteiger partial charge in [0.05, 0.1) is 0 Å². The molecule has 1 aromatic carbocycles. The average Bonchev–Trinajstić information content (AvgIpc) is 2.74. The van der Waals surface area contributed by atoms with Crippen molar-refractivity contribution < 1.29 is 4.74 Å². The zero-order valence-corrected chi connectivity index (χ0v) is 10.9. The Morgan fingerprint density at radius 2 is 1.94 bits per heavy atom. The van der Waals surface area contributed by atoms with E-state index in [9.17, 15) is 0 Å². The summed E-state index contributed by atoms with van der Waals surface area (Å²) in [6.45, 7) is 1.79. The van der Waals surface area contributed by atoms with Crippen LogP contribution in [0, 0.1) is 6.92 Å². The van der Waals surface area contributed by atoms with Crippen molar-refractivity contribution in [2.24, 2.45) is 0 Å². The molecule has 4 heteroatoms. The second kappa shape index (κ2) is 4.58. The summed E-state index contributed by atoms with van der Waals surface area (Å²) in [5, 5.41) is 0.402. The summed E-state index contributed by atoms with van der Waals surface area (Å²) < 4.78 is 5.73. The molecule has 0 spiro atoms. The first-order valence-corrected chi connectivity index (χ1v) is 6.39. The number of nitrogens with zero attached hydrogens (tertiary/aromatic N) is 2. The first kappa shape index (κ1) is 11.5. The molecule has 0 unspecified atom stereocenters. The van der Waals surface area contributed by atoms with E-state index in [1.165, 1.54) is 24.0 Å². The predicted molar refractivity (Wildman–Crippen MR) is 70.3 cm³/mol. The van der Waals surface area contributed by atoms with E-state index in [1.54, 1.807) is 13.0 Å². The van der Waals surface area contributed by atoms with Gasteiger partial charge in [-0.05, 0) is 49.4 Å². The second-order valence-electron chi connectivity index (χ2n) is 4.46. The Morgan fingerprint density at radius 1 is 1.11 bits per heavy atom. The molecule has 0 amide bonds. The molecule has 0 N–H and O–H groups in total. The van der Waals surface area contributed by atoms with Gasteiger partial charge in [0.1, 0.15) is 16.7 Å². The van der Waals surface area contributed by atoms with Gasteiger partial charge < -0.3 is 4.74 Å². The summed E-state index contributed by atoms with van der Waals surface area (Å²) in [7, 11) is 0. The van der Waals surface area contributed by atoms with Crippen LogP contribution in [0.5, 0.6) is 11.6 Å². The van der Waals surface area contributed by atoms with Crippen molar-refractivity contribution in [1.29, 1.82) is 0 Å². The molecule has 0 radical (unpaired) electrons. The molecule has 3 nitrogen and oxygen atoms in total. The van der Waals surface area contributed by atoms with Gasteiger partial charge in [-0.3, -0.25) is 0 Å². The van der Waals surface area contributed by atoms with Crippen molar-refractivity contribution in [3.8, 4) is 11.6 Å². The zero-order chi connectivity index (χ0) is 12.5. The molecule has 1 heterocycles. The molecular formula is C14H13ClN2O. The van der Waals surface area contributed by atoms with Crippen LogP contribution in [0.1, 0.15) is 23.4 Å². The highest BCUT2D eigenvalue weighted by Gasteiger charge is 2.12. The fraction of sp³-hybridized carbons (Fsp3) is 0.286. The van der Waals surface area contributed by atoms with E-state index < -0.39 is 0 Å². The molecule has 3 rings (SSSR count). The fourth-order valence-electron chi connectivity index (χ4n) is 2.29. The second-order valence-corrected chi connectivity index (χ2v) is 4.85. The number of aromatic nitrogens is 2. The molecular weight excluding hydrogens is 248 g/mol. The maximum Gasteiger partial charge on any atom is 0.224 e. The van der Waals surface area contributed by atoms with Gasteiger partial charge in [0.2, 0.25) is 5.88 Å². The molecule has 0 aliphatic heterocycles. The molecule has 1 aliphatic carbocycles. The maximum atomic E-state index is 5.88. The third-order valence-corrected chi connectivity index (χ3v) is 3.27. The summed E-state index contributed by atoms with van der Waals surface area (Å²) in [4.78, 5) is 8.21. The minimum absolute atomic E-state index is 0.402. The van der Waals surface area contributed by atoms with Crippen molar-refractivity contribution in [2.45, 2.75) is 26.2 Å². The van der Waals surface area contributed by atoms with Crippen molar-refractivity contribution in [3.63, 3.8) is 0 Å². The molecule has 0 atom stereocenters. The summed E-state index contributed by atoms with van der Waals surface area (Å²) in [6, 6.07) is 7.83. The van der Waals surface area contributed by atoms with Gasteiger partial charge in [0.25, 0.3) is 0 Å². The van der Waals surface area contributed by atoms with Crippen molar-refractivity contribution in [2.75, 3.05) is 0 Å². The SMILES string of the molecule is Cc1nc(Cl)cc(Oc2ccc3c(c2)CCC3)n1. The minimum Gasteiger partial charge on any atom is -0.439 e. The lowest BCUT2D eigenvalue weighted by Crippen LogP contribution is -1.94. The van der Waals surface area contributed by atoms with Crippen molar-refractivity contribution in [1.82, 2.24) is 9.97 Å². The van der Waals surface area contributed by atoms with E-state index in [0.717, 1.165) is 12.2 Å². The molecule has 0 saturated carbocycles. The molecule has 1 aliphatic rings. The van der Waals surface area contributed by atoms with E-state index in [4.69, 9.17) is 16.3 Å². The Labute approximate surface area is 111 Å². The number of hydrogen-bond donors (Lipinski definition) is 0. The largest absolute Gasteiger partial charge is 0.439 e. The van der Waals surface area contributed by atoms with Crippen LogP contribution in [0.15, 0.2) is 24.3 Å². The van der Waals surface area contributed by atoms with Crippen LogP contribution < -0.4 is 4.74 Å². The van der Waals surface area contributed by atoms with Gasteiger partial charge in [0, 0.05) is 6.07 Å². The molecule has 0 saturated heterocycles. The maximum absolute atomic E-state index is 5.88. The summed E-state index contributed by atoms with van der Waals surface area (Å²) >= 11 is 5.88. The smallest absolute Gasteiger partial charge is 0.224 e. The average molecular weight is 261 g/mol. The van der Waals surface area contributed by atoms with Gasteiger partial charge in [-0.2, -0.15) is 4.98 Å². The van der Waals surface area contributed by atoms with E-state index in [1.807, 2.05) is 6.07 Å². The monoisotopic (exact) mass is 260 g/mol. The predicted octanol–water partition coefficient (Wildman–Crippen LogP) is 3.72. The lowest BCUT2D eigenvalue weighted by atomic mass is 10.1. The van der Waals surface area contributed by atoms with Crippen LogP contribution in [-0.4, -0.2) is 9.97 Å². The Balaban J connectivity index is 1.88. The Hall–Kier alpha value is -1.61. The normalized spacial score (nSPS) is 13.4. The van der Waals surface area contributed by atoms with Crippen LogP contribution in [0.4, 0.5) is 0 Å². The number of fused-ring (bicyclic) bond motifs is 1. The summed E-state index contributed by atoms with van der Waals surface area (Å²) in [5.41, 5.74) is 2.81. The van der Waals surface area contributed by atoms with Crippen LogP contribution in [0.25, 0.3) is 0 Å². The fourth-order valence-corrected chi connectivity index (χ4v) is 2.51. The molecule has 2 aromatic rings. The van der Waals surface area contributed by atoms with Gasteiger partial charge in [-0.25, -0.2) is 4.98 Å². The number of hydrogen-bond acceptors (Lipinski definition) is 3. The lowest BCUT2D eigenvalue weighted by molar-refractivity contribution is 0.459. The molecule has 1 aromatic heterocycles. The molecule has 92 valence electrons. The number of aryl methyl sites for hydroxylation is 3. The van der Waals surface area contributed by atoms with Crippen molar-refractivity contribution in [3.05, 3.63) is 46.4 Å². The van der Waals surface area contributed by atoms with Gasteiger partial charge in [0.15, 0.2) is 0 Å². The molecule has 18 heavy (non-hydrogen) atoms. The third kappa shape index (κ3) is 2.31. The highest BCUT2D eigenvalue weighted by atomic mass is 35.5. The van der Waals surface area contributed by atoms with Crippen LogP contribution in [0.2, 0.25) is 5.15 Å². The van der Waals surface area contributed by atoms with Gasteiger partial charge in [-0.15, -0.1) is 0 Å².